The lowest BCUT2D eigenvalue weighted by atomic mass is 10.1. The van der Waals surface area contributed by atoms with E-state index in [1.807, 2.05) is 23.6 Å². The fourth-order valence-corrected chi connectivity index (χ4v) is 4.39. The van der Waals surface area contributed by atoms with Crippen molar-refractivity contribution < 1.29 is 4.79 Å². The number of fused-ring (bicyclic) bond motifs is 1. The lowest BCUT2D eigenvalue weighted by Crippen LogP contribution is -2.15. The molecule has 0 radical (unpaired) electrons. The summed E-state index contributed by atoms with van der Waals surface area (Å²) >= 11 is 3.19. The average Bonchev–Trinajstić information content (AvgIpc) is 3.16. The van der Waals surface area contributed by atoms with Crippen LogP contribution < -0.4 is 4.80 Å². The van der Waals surface area contributed by atoms with E-state index in [9.17, 15) is 4.79 Å². The minimum atomic E-state index is -0.220. The molecular weight excluding hydrogens is 324 g/mol. The van der Waals surface area contributed by atoms with E-state index in [1.54, 1.807) is 22.7 Å². The molecule has 2 aromatic heterocycles. The molecule has 0 bridgehead atoms. The van der Waals surface area contributed by atoms with E-state index >= 15 is 0 Å². The van der Waals surface area contributed by atoms with Gasteiger partial charge in [-0.3, -0.25) is 4.79 Å². The van der Waals surface area contributed by atoms with Crippen LogP contribution in [-0.2, 0) is 11.3 Å². The SMILES string of the molecule is CCn1c(=NC(=O)/C=C/c2cccs2)sc2c(C)ccc(C)c21. The van der Waals surface area contributed by atoms with Gasteiger partial charge in [0.15, 0.2) is 4.80 Å². The smallest absolute Gasteiger partial charge is 0.272 e. The molecule has 1 amide bonds. The summed E-state index contributed by atoms with van der Waals surface area (Å²) in [6.45, 7) is 7.08. The molecule has 3 aromatic rings. The third-order valence-corrected chi connectivity index (χ3v) is 5.73. The summed E-state index contributed by atoms with van der Waals surface area (Å²) in [4.78, 5) is 18.3. The third-order valence-electron chi connectivity index (χ3n) is 3.68. The van der Waals surface area contributed by atoms with Gasteiger partial charge >= 0.3 is 0 Å². The normalized spacial score (nSPS) is 12.6. The zero-order valence-corrected chi connectivity index (χ0v) is 15.0. The Morgan fingerprint density at radius 2 is 2.04 bits per heavy atom. The number of thiazole rings is 1. The Morgan fingerprint density at radius 1 is 1.26 bits per heavy atom. The number of thiophene rings is 1. The molecule has 118 valence electrons. The minimum absolute atomic E-state index is 0.220. The molecule has 0 saturated carbocycles. The maximum Gasteiger partial charge on any atom is 0.272 e. The van der Waals surface area contributed by atoms with Gasteiger partial charge in [0.1, 0.15) is 0 Å². The second kappa shape index (κ2) is 6.64. The van der Waals surface area contributed by atoms with Crippen LogP contribution in [-0.4, -0.2) is 10.5 Å². The Balaban J connectivity index is 2.07. The van der Waals surface area contributed by atoms with E-state index in [0.717, 1.165) is 16.2 Å². The molecule has 3 rings (SSSR count). The Bertz CT molecular complexity index is 943. The van der Waals surface area contributed by atoms with Crippen LogP contribution in [0.15, 0.2) is 40.7 Å². The Morgan fingerprint density at radius 3 is 2.74 bits per heavy atom. The molecule has 23 heavy (non-hydrogen) atoms. The zero-order valence-electron chi connectivity index (χ0n) is 13.4. The molecule has 5 heteroatoms. The van der Waals surface area contributed by atoms with Crippen LogP contribution in [0.4, 0.5) is 0 Å². The van der Waals surface area contributed by atoms with Gasteiger partial charge in [0, 0.05) is 17.5 Å². The Labute approximate surface area is 143 Å². The molecule has 0 aliphatic rings. The lowest BCUT2D eigenvalue weighted by molar-refractivity contribution is -0.113. The van der Waals surface area contributed by atoms with Crippen LogP contribution in [0.1, 0.15) is 22.9 Å². The van der Waals surface area contributed by atoms with Gasteiger partial charge in [0.2, 0.25) is 0 Å². The van der Waals surface area contributed by atoms with Crippen LogP contribution in [0.2, 0.25) is 0 Å². The summed E-state index contributed by atoms with van der Waals surface area (Å²) in [5.74, 6) is -0.220. The van der Waals surface area contributed by atoms with E-state index in [0.29, 0.717) is 0 Å². The zero-order chi connectivity index (χ0) is 16.4. The van der Waals surface area contributed by atoms with Crippen molar-refractivity contribution in [2.75, 3.05) is 0 Å². The van der Waals surface area contributed by atoms with Gasteiger partial charge in [-0.2, -0.15) is 4.99 Å². The topological polar surface area (TPSA) is 34.4 Å². The van der Waals surface area contributed by atoms with Crippen LogP contribution in [0.25, 0.3) is 16.3 Å². The number of benzene rings is 1. The Kier molecular flexibility index (Phi) is 4.59. The summed E-state index contributed by atoms with van der Waals surface area (Å²) in [6, 6.07) is 8.19. The molecule has 0 aliphatic heterocycles. The van der Waals surface area contributed by atoms with Gasteiger partial charge < -0.3 is 4.57 Å². The summed E-state index contributed by atoms with van der Waals surface area (Å²) < 4.78 is 3.33. The molecule has 3 nitrogen and oxygen atoms in total. The van der Waals surface area contributed by atoms with Crippen molar-refractivity contribution in [2.45, 2.75) is 27.3 Å². The third kappa shape index (κ3) is 3.21. The standard InChI is InChI=1S/C18H18N2OS2/c1-4-20-16-12(2)7-8-13(3)17(16)23-18(20)19-15(21)10-9-14-6-5-11-22-14/h5-11H,4H2,1-3H3/b10-9+,19-18?. The predicted molar refractivity (Wildman–Crippen MR) is 98.9 cm³/mol. The number of rotatable bonds is 3. The van der Waals surface area contributed by atoms with Crippen molar-refractivity contribution in [2.24, 2.45) is 4.99 Å². The average molecular weight is 342 g/mol. The number of hydrogen-bond acceptors (Lipinski definition) is 3. The highest BCUT2D eigenvalue weighted by atomic mass is 32.1. The first-order valence-electron chi connectivity index (χ1n) is 7.50. The summed E-state index contributed by atoms with van der Waals surface area (Å²) in [7, 11) is 0. The number of carbonyl (C=O) groups excluding carboxylic acids is 1. The second-order valence-electron chi connectivity index (χ2n) is 5.30. The van der Waals surface area contributed by atoms with E-state index < -0.39 is 0 Å². The van der Waals surface area contributed by atoms with Crippen LogP contribution in [0.5, 0.6) is 0 Å². The van der Waals surface area contributed by atoms with E-state index in [2.05, 4.69) is 42.5 Å². The van der Waals surface area contributed by atoms with Gasteiger partial charge in [-0.15, -0.1) is 11.3 Å². The number of carbonyl (C=O) groups is 1. The summed E-state index contributed by atoms with van der Waals surface area (Å²) in [5, 5.41) is 1.99. The highest BCUT2D eigenvalue weighted by Crippen LogP contribution is 2.24. The molecule has 2 heterocycles. The van der Waals surface area contributed by atoms with Crippen molar-refractivity contribution >= 4 is 44.9 Å². The fraction of sp³-hybridized carbons (Fsp3) is 0.222. The molecule has 0 N–H and O–H groups in total. The minimum Gasteiger partial charge on any atom is -0.316 e. The van der Waals surface area contributed by atoms with Crippen molar-refractivity contribution in [3.05, 3.63) is 56.5 Å². The number of amides is 1. The molecule has 0 aliphatic carbocycles. The van der Waals surface area contributed by atoms with Crippen molar-refractivity contribution in [1.29, 1.82) is 0 Å². The quantitative estimate of drug-likeness (QED) is 0.643. The van der Waals surface area contributed by atoms with Gasteiger partial charge in [-0.1, -0.05) is 29.5 Å². The summed E-state index contributed by atoms with van der Waals surface area (Å²) in [6.07, 6.45) is 3.35. The second-order valence-corrected chi connectivity index (χ2v) is 7.26. The first-order valence-corrected chi connectivity index (χ1v) is 9.19. The number of nitrogens with zero attached hydrogens (tertiary/aromatic N) is 2. The van der Waals surface area contributed by atoms with E-state index in [1.165, 1.54) is 27.4 Å². The molecule has 0 unspecified atom stereocenters. The molecule has 0 saturated heterocycles. The van der Waals surface area contributed by atoms with E-state index in [-0.39, 0.29) is 5.91 Å². The van der Waals surface area contributed by atoms with Crippen LogP contribution in [0.3, 0.4) is 0 Å². The largest absolute Gasteiger partial charge is 0.316 e. The van der Waals surface area contributed by atoms with Gasteiger partial charge in [-0.05, 0) is 49.4 Å². The number of aryl methyl sites for hydroxylation is 3. The first kappa shape index (κ1) is 15.9. The maximum absolute atomic E-state index is 12.2. The monoisotopic (exact) mass is 342 g/mol. The first-order chi connectivity index (χ1) is 11.1. The highest BCUT2D eigenvalue weighted by Gasteiger charge is 2.10. The maximum atomic E-state index is 12.2. The molecular formula is C18H18N2OS2. The van der Waals surface area contributed by atoms with Gasteiger partial charge in [0.05, 0.1) is 10.2 Å². The number of aromatic nitrogens is 1. The lowest BCUT2D eigenvalue weighted by Gasteiger charge is -2.04. The molecule has 0 fully saturated rings. The fourth-order valence-electron chi connectivity index (χ4n) is 2.52. The van der Waals surface area contributed by atoms with Crippen molar-refractivity contribution in [1.82, 2.24) is 4.57 Å². The molecule has 1 aromatic carbocycles. The number of hydrogen-bond donors (Lipinski definition) is 0. The van der Waals surface area contributed by atoms with Gasteiger partial charge in [0.25, 0.3) is 5.91 Å². The van der Waals surface area contributed by atoms with E-state index in [4.69, 9.17) is 0 Å². The van der Waals surface area contributed by atoms with Crippen molar-refractivity contribution in [3.63, 3.8) is 0 Å². The van der Waals surface area contributed by atoms with Crippen LogP contribution in [0, 0.1) is 13.8 Å². The Hall–Kier alpha value is -1.98. The van der Waals surface area contributed by atoms with Crippen molar-refractivity contribution in [3.8, 4) is 0 Å². The molecule has 0 atom stereocenters. The predicted octanol–water partition coefficient (Wildman–Crippen LogP) is 4.54. The van der Waals surface area contributed by atoms with Gasteiger partial charge in [-0.25, -0.2) is 0 Å². The molecule has 0 spiro atoms. The summed E-state index contributed by atoms with van der Waals surface area (Å²) in [5.41, 5.74) is 3.62. The highest BCUT2D eigenvalue weighted by molar-refractivity contribution is 7.16. The van der Waals surface area contributed by atoms with Crippen LogP contribution >= 0.6 is 22.7 Å².